The predicted molar refractivity (Wildman–Crippen MR) is 99.8 cm³/mol. The highest BCUT2D eigenvalue weighted by molar-refractivity contribution is 5.77. The molecule has 6 heteroatoms. The molecule has 0 saturated carbocycles. The maximum Gasteiger partial charge on any atom is 0.416 e. The molecule has 0 unspecified atom stereocenters. The second-order valence-corrected chi connectivity index (χ2v) is 7.29. The monoisotopic (exact) mass is 376 g/mol. The fourth-order valence-electron chi connectivity index (χ4n) is 3.14. The normalized spacial score (nSPS) is 12.1. The first-order chi connectivity index (χ1) is 12.6. The van der Waals surface area contributed by atoms with Gasteiger partial charge in [-0.25, -0.2) is 4.98 Å². The van der Waals surface area contributed by atoms with Gasteiger partial charge in [0.2, 0.25) is 0 Å². The summed E-state index contributed by atoms with van der Waals surface area (Å²) in [5.74, 6) is 1.70. The molecule has 1 aromatic heterocycles. The molecule has 0 amide bonds. The highest BCUT2D eigenvalue weighted by atomic mass is 19.4. The van der Waals surface area contributed by atoms with Crippen molar-refractivity contribution in [2.75, 3.05) is 0 Å². The number of halogens is 3. The van der Waals surface area contributed by atoms with Crippen molar-refractivity contribution >= 4 is 11.0 Å². The zero-order valence-corrected chi connectivity index (χ0v) is 15.9. The molecule has 3 nitrogen and oxygen atoms in total. The van der Waals surface area contributed by atoms with Gasteiger partial charge in [0, 0.05) is 6.54 Å². The molecule has 27 heavy (non-hydrogen) atoms. The lowest BCUT2D eigenvalue weighted by Crippen LogP contribution is -2.11. The zero-order chi connectivity index (χ0) is 19.8. The van der Waals surface area contributed by atoms with E-state index in [4.69, 9.17) is 4.74 Å². The summed E-state index contributed by atoms with van der Waals surface area (Å²) in [6.45, 7) is 8.96. The molecule has 0 aliphatic rings. The lowest BCUT2D eigenvalue weighted by molar-refractivity contribution is -0.137. The van der Waals surface area contributed by atoms with Crippen LogP contribution in [0.15, 0.2) is 36.4 Å². The Bertz CT molecular complexity index is 958. The lowest BCUT2D eigenvalue weighted by Gasteiger charge is -2.14. The first-order valence-corrected chi connectivity index (χ1v) is 8.91. The molecule has 0 saturated heterocycles. The average Bonchev–Trinajstić information content (AvgIpc) is 2.89. The fourth-order valence-corrected chi connectivity index (χ4v) is 3.14. The van der Waals surface area contributed by atoms with Crippen molar-refractivity contribution in [2.24, 2.45) is 5.92 Å². The van der Waals surface area contributed by atoms with Crippen LogP contribution in [0.3, 0.4) is 0 Å². The highest BCUT2D eigenvalue weighted by Crippen LogP contribution is 2.32. The maximum atomic E-state index is 13.0. The van der Waals surface area contributed by atoms with Gasteiger partial charge in [-0.05, 0) is 49.6 Å². The van der Waals surface area contributed by atoms with Crippen molar-refractivity contribution in [1.29, 1.82) is 0 Å². The molecule has 0 bridgehead atoms. The van der Waals surface area contributed by atoms with E-state index in [-0.39, 0.29) is 6.61 Å². The number of fused-ring (bicyclic) bond motifs is 1. The molecule has 0 fully saturated rings. The number of nitrogens with zero attached hydrogens (tertiary/aromatic N) is 2. The molecule has 0 aliphatic carbocycles. The van der Waals surface area contributed by atoms with Gasteiger partial charge in [-0.15, -0.1) is 0 Å². The van der Waals surface area contributed by atoms with Crippen LogP contribution in [0.2, 0.25) is 0 Å². The fraction of sp³-hybridized carbons (Fsp3) is 0.381. The van der Waals surface area contributed by atoms with Crippen molar-refractivity contribution in [3.8, 4) is 5.75 Å². The van der Waals surface area contributed by atoms with Crippen LogP contribution >= 0.6 is 0 Å². The number of aryl methyl sites for hydroxylation is 2. The molecule has 1 heterocycles. The predicted octanol–water partition coefficient (Wildman–Crippen LogP) is 5.91. The Hall–Kier alpha value is -2.50. The summed E-state index contributed by atoms with van der Waals surface area (Å²) < 4.78 is 46.9. The van der Waals surface area contributed by atoms with Crippen LogP contribution in [0.4, 0.5) is 13.2 Å². The number of imidazole rings is 1. The standard InChI is InChI=1S/C21H23F3N2O/c1-13(2)11-26-18-7-6-16(21(22,23)24)10-17(18)25-20(26)12-27-19-8-5-14(3)9-15(19)4/h5-10,13H,11-12H2,1-4H3. The van der Waals surface area contributed by atoms with E-state index in [2.05, 4.69) is 18.8 Å². The second kappa shape index (κ2) is 7.25. The van der Waals surface area contributed by atoms with Crippen LogP contribution in [0.25, 0.3) is 11.0 Å². The van der Waals surface area contributed by atoms with Crippen molar-refractivity contribution in [3.63, 3.8) is 0 Å². The van der Waals surface area contributed by atoms with E-state index in [1.165, 1.54) is 6.07 Å². The van der Waals surface area contributed by atoms with Crippen molar-refractivity contribution < 1.29 is 17.9 Å². The molecule has 0 radical (unpaired) electrons. The smallest absolute Gasteiger partial charge is 0.416 e. The number of alkyl halides is 3. The third-order valence-corrected chi connectivity index (χ3v) is 4.39. The molecule has 3 aromatic rings. The minimum absolute atomic E-state index is 0.201. The van der Waals surface area contributed by atoms with E-state index in [1.54, 1.807) is 0 Å². The molecule has 2 aromatic carbocycles. The summed E-state index contributed by atoms with van der Waals surface area (Å²) in [7, 11) is 0. The van der Waals surface area contributed by atoms with Gasteiger partial charge in [0.1, 0.15) is 18.2 Å². The highest BCUT2D eigenvalue weighted by Gasteiger charge is 2.31. The summed E-state index contributed by atoms with van der Waals surface area (Å²) >= 11 is 0. The van der Waals surface area contributed by atoms with E-state index in [0.29, 0.717) is 29.3 Å². The van der Waals surface area contributed by atoms with Gasteiger partial charge >= 0.3 is 6.18 Å². The largest absolute Gasteiger partial charge is 0.485 e. The SMILES string of the molecule is Cc1ccc(OCc2nc3cc(C(F)(F)F)ccc3n2CC(C)C)c(C)c1. The molecule has 0 spiro atoms. The van der Waals surface area contributed by atoms with Crippen molar-refractivity contribution in [3.05, 3.63) is 58.9 Å². The summed E-state index contributed by atoms with van der Waals surface area (Å²) in [5.41, 5.74) is 2.50. The van der Waals surface area contributed by atoms with Gasteiger partial charge in [0.25, 0.3) is 0 Å². The van der Waals surface area contributed by atoms with Crippen molar-refractivity contribution in [2.45, 2.75) is 47.0 Å². The first-order valence-electron chi connectivity index (χ1n) is 8.91. The Kier molecular flexibility index (Phi) is 5.18. The Morgan fingerprint density at radius 1 is 1.07 bits per heavy atom. The van der Waals surface area contributed by atoms with Crippen LogP contribution in [-0.2, 0) is 19.3 Å². The van der Waals surface area contributed by atoms with Crippen molar-refractivity contribution in [1.82, 2.24) is 9.55 Å². The number of hydrogen-bond acceptors (Lipinski definition) is 2. The molecule has 144 valence electrons. The third kappa shape index (κ3) is 4.26. The second-order valence-electron chi connectivity index (χ2n) is 7.29. The van der Waals surface area contributed by atoms with Crippen LogP contribution in [-0.4, -0.2) is 9.55 Å². The average molecular weight is 376 g/mol. The first kappa shape index (κ1) is 19.3. The lowest BCUT2D eigenvalue weighted by atomic mass is 10.1. The topological polar surface area (TPSA) is 27.1 Å². The number of aromatic nitrogens is 2. The van der Waals surface area contributed by atoms with Crippen LogP contribution in [0, 0.1) is 19.8 Å². The van der Waals surface area contributed by atoms with E-state index in [9.17, 15) is 13.2 Å². The summed E-state index contributed by atoms with van der Waals surface area (Å²) in [6, 6.07) is 9.61. The van der Waals surface area contributed by atoms with Crippen LogP contribution < -0.4 is 4.74 Å². The van der Waals surface area contributed by atoms with Gasteiger partial charge in [0.15, 0.2) is 0 Å². The summed E-state index contributed by atoms with van der Waals surface area (Å²) in [6.07, 6.45) is -4.38. The summed E-state index contributed by atoms with van der Waals surface area (Å²) in [4.78, 5) is 4.44. The number of benzene rings is 2. The minimum atomic E-state index is -4.38. The van der Waals surface area contributed by atoms with E-state index in [1.807, 2.05) is 36.6 Å². The third-order valence-electron chi connectivity index (χ3n) is 4.39. The van der Waals surface area contributed by atoms with Gasteiger partial charge in [0.05, 0.1) is 16.6 Å². The Balaban J connectivity index is 1.97. The van der Waals surface area contributed by atoms with Crippen LogP contribution in [0.5, 0.6) is 5.75 Å². The molecular formula is C21H23F3N2O. The van der Waals surface area contributed by atoms with Gasteiger partial charge < -0.3 is 9.30 Å². The molecular weight excluding hydrogens is 353 g/mol. The van der Waals surface area contributed by atoms with Crippen LogP contribution in [0.1, 0.15) is 36.4 Å². The Labute approximate surface area is 156 Å². The number of hydrogen-bond donors (Lipinski definition) is 0. The van der Waals surface area contributed by atoms with Gasteiger partial charge in [-0.2, -0.15) is 13.2 Å². The molecule has 3 rings (SSSR count). The number of rotatable bonds is 5. The quantitative estimate of drug-likeness (QED) is 0.554. The number of ether oxygens (including phenoxy) is 1. The molecule has 0 aliphatic heterocycles. The van der Waals surface area contributed by atoms with E-state index in [0.717, 1.165) is 29.0 Å². The zero-order valence-electron chi connectivity index (χ0n) is 15.9. The van der Waals surface area contributed by atoms with E-state index >= 15 is 0 Å². The Morgan fingerprint density at radius 3 is 2.44 bits per heavy atom. The molecule has 0 atom stereocenters. The van der Waals surface area contributed by atoms with Gasteiger partial charge in [-0.1, -0.05) is 31.5 Å². The minimum Gasteiger partial charge on any atom is -0.485 e. The molecule has 0 N–H and O–H groups in total. The maximum absolute atomic E-state index is 13.0. The summed E-state index contributed by atoms with van der Waals surface area (Å²) in [5, 5.41) is 0. The Morgan fingerprint density at radius 2 is 1.81 bits per heavy atom. The van der Waals surface area contributed by atoms with E-state index < -0.39 is 11.7 Å². The van der Waals surface area contributed by atoms with Gasteiger partial charge in [-0.3, -0.25) is 0 Å².